The smallest absolute Gasteiger partial charge is 0.221 e. The van der Waals surface area contributed by atoms with Crippen LogP contribution in [0.1, 0.15) is 16.1 Å². The molecular weight excluding hydrogens is 224 g/mol. The number of hydrogen-bond donors (Lipinski definition) is 1. The first-order chi connectivity index (χ1) is 7.75. The molecule has 4 nitrogen and oxygen atoms in total. The number of carbonyl (C=O) groups is 2. The predicted molar refractivity (Wildman–Crippen MR) is 62.7 cm³/mol. The first kappa shape index (κ1) is 11.3. The molecule has 1 aliphatic heterocycles. The number of thiophene rings is 1. The normalized spacial score (nSPS) is 17.9. The van der Waals surface area contributed by atoms with Gasteiger partial charge in [0.25, 0.3) is 0 Å². The Morgan fingerprint density at radius 3 is 3.12 bits per heavy atom. The zero-order valence-corrected chi connectivity index (χ0v) is 9.76. The number of carbonyl (C=O) groups excluding carboxylic acids is 2. The van der Waals surface area contributed by atoms with E-state index < -0.39 is 0 Å². The Morgan fingerprint density at radius 2 is 2.38 bits per heavy atom. The van der Waals surface area contributed by atoms with Crippen LogP contribution in [-0.2, 0) is 4.79 Å². The van der Waals surface area contributed by atoms with E-state index in [1.54, 1.807) is 0 Å². The van der Waals surface area contributed by atoms with E-state index in [1.807, 2.05) is 22.4 Å². The zero-order valence-electron chi connectivity index (χ0n) is 8.94. The molecular formula is C11H14N2O2S. The Hall–Kier alpha value is -1.20. The predicted octanol–water partition coefficient (Wildman–Crippen LogP) is 0.753. The van der Waals surface area contributed by atoms with Crippen molar-refractivity contribution >= 4 is 23.0 Å². The van der Waals surface area contributed by atoms with Gasteiger partial charge in [-0.1, -0.05) is 6.07 Å². The van der Waals surface area contributed by atoms with E-state index in [-0.39, 0.29) is 11.7 Å². The number of hydrogen-bond acceptors (Lipinski definition) is 4. The van der Waals surface area contributed by atoms with Gasteiger partial charge in [-0.05, 0) is 11.4 Å². The Labute approximate surface area is 98.3 Å². The van der Waals surface area contributed by atoms with Gasteiger partial charge in [0.05, 0.1) is 11.4 Å². The van der Waals surface area contributed by atoms with Crippen LogP contribution in [0, 0.1) is 0 Å². The molecule has 1 aromatic rings. The molecule has 0 spiro atoms. The molecule has 86 valence electrons. The third-order valence-electron chi connectivity index (χ3n) is 2.57. The van der Waals surface area contributed by atoms with Crippen LogP contribution in [0.4, 0.5) is 0 Å². The summed E-state index contributed by atoms with van der Waals surface area (Å²) < 4.78 is 0. The Kier molecular flexibility index (Phi) is 3.69. The van der Waals surface area contributed by atoms with Crippen molar-refractivity contribution < 1.29 is 9.59 Å². The van der Waals surface area contributed by atoms with Gasteiger partial charge in [0, 0.05) is 26.1 Å². The molecule has 0 aliphatic carbocycles. The molecule has 0 radical (unpaired) electrons. The van der Waals surface area contributed by atoms with Crippen molar-refractivity contribution in [1.82, 2.24) is 10.2 Å². The van der Waals surface area contributed by atoms with Crippen molar-refractivity contribution in [3.05, 3.63) is 22.4 Å². The van der Waals surface area contributed by atoms with E-state index in [2.05, 4.69) is 5.32 Å². The number of Topliss-reactive ketones (excluding diaryl/α,β-unsaturated/α-hetero) is 1. The van der Waals surface area contributed by atoms with Gasteiger partial charge in [-0.15, -0.1) is 11.3 Å². The number of amides is 1. The molecule has 0 aromatic carbocycles. The number of ketones is 1. The molecule has 0 bridgehead atoms. The molecule has 5 heteroatoms. The highest BCUT2D eigenvalue weighted by Crippen LogP contribution is 2.10. The summed E-state index contributed by atoms with van der Waals surface area (Å²) >= 11 is 1.47. The minimum atomic E-state index is 0.0751. The van der Waals surface area contributed by atoms with Crippen LogP contribution in [0.5, 0.6) is 0 Å². The van der Waals surface area contributed by atoms with Crippen LogP contribution in [0.3, 0.4) is 0 Å². The second-order valence-corrected chi connectivity index (χ2v) is 4.72. The van der Waals surface area contributed by atoms with Gasteiger partial charge in [-0.2, -0.15) is 0 Å². The Balaban J connectivity index is 1.89. The second-order valence-electron chi connectivity index (χ2n) is 3.78. The molecule has 0 saturated carbocycles. The third-order valence-corrected chi connectivity index (χ3v) is 3.48. The zero-order chi connectivity index (χ0) is 11.4. The number of nitrogens with zero attached hydrogens (tertiary/aromatic N) is 1. The van der Waals surface area contributed by atoms with Gasteiger partial charge in [0.1, 0.15) is 0 Å². The van der Waals surface area contributed by atoms with Gasteiger partial charge in [0.2, 0.25) is 5.91 Å². The number of rotatable bonds is 3. The fraction of sp³-hybridized carbons (Fsp3) is 0.455. The molecule has 2 heterocycles. The van der Waals surface area contributed by atoms with Gasteiger partial charge in [-0.25, -0.2) is 0 Å². The first-order valence-corrected chi connectivity index (χ1v) is 6.19. The van der Waals surface area contributed by atoms with E-state index in [4.69, 9.17) is 0 Å². The highest BCUT2D eigenvalue weighted by atomic mass is 32.1. The molecule has 1 fully saturated rings. The van der Waals surface area contributed by atoms with E-state index in [9.17, 15) is 9.59 Å². The maximum absolute atomic E-state index is 11.8. The lowest BCUT2D eigenvalue weighted by molar-refractivity contribution is -0.120. The molecule has 1 N–H and O–H groups in total. The average molecular weight is 238 g/mol. The monoisotopic (exact) mass is 238 g/mol. The van der Waals surface area contributed by atoms with Crippen molar-refractivity contribution in [1.29, 1.82) is 0 Å². The summed E-state index contributed by atoms with van der Waals surface area (Å²) in [4.78, 5) is 25.8. The summed E-state index contributed by atoms with van der Waals surface area (Å²) in [6.45, 7) is 2.47. The third kappa shape index (κ3) is 2.90. The van der Waals surface area contributed by atoms with Crippen molar-refractivity contribution in [2.75, 3.05) is 26.2 Å². The standard InChI is InChI=1S/C11H14N2O2S/c14-9(10-2-1-7-16-10)8-13-5-3-11(15)12-4-6-13/h1-2,7H,3-6,8H2,(H,12,15). The lowest BCUT2D eigenvalue weighted by Gasteiger charge is -2.17. The quantitative estimate of drug-likeness (QED) is 0.791. The van der Waals surface area contributed by atoms with Crippen molar-refractivity contribution in [3.8, 4) is 0 Å². The van der Waals surface area contributed by atoms with Crippen molar-refractivity contribution in [2.24, 2.45) is 0 Å². The summed E-state index contributed by atoms with van der Waals surface area (Å²) in [5.74, 6) is 0.218. The highest BCUT2D eigenvalue weighted by molar-refractivity contribution is 7.12. The second kappa shape index (κ2) is 5.23. The highest BCUT2D eigenvalue weighted by Gasteiger charge is 2.17. The van der Waals surface area contributed by atoms with E-state index >= 15 is 0 Å². The van der Waals surface area contributed by atoms with Gasteiger partial charge < -0.3 is 5.32 Å². The SMILES string of the molecule is O=C1CCN(CC(=O)c2cccs2)CCN1. The maximum Gasteiger partial charge on any atom is 0.221 e. The largest absolute Gasteiger partial charge is 0.355 e. The van der Waals surface area contributed by atoms with Crippen molar-refractivity contribution in [3.63, 3.8) is 0 Å². The minimum absolute atomic E-state index is 0.0751. The van der Waals surface area contributed by atoms with Crippen LogP contribution in [0.2, 0.25) is 0 Å². The lowest BCUT2D eigenvalue weighted by Crippen LogP contribution is -2.32. The Morgan fingerprint density at radius 1 is 1.50 bits per heavy atom. The molecule has 0 unspecified atom stereocenters. The summed E-state index contributed by atoms with van der Waals surface area (Å²) in [6.07, 6.45) is 0.484. The molecule has 1 aromatic heterocycles. The molecule has 16 heavy (non-hydrogen) atoms. The van der Waals surface area contributed by atoms with E-state index in [0.717, 1.165) is 11.4 Å². The van der Waals surface area contributed by atoms with Crippen molar-refractivity contribution in [2.45, 2.75) is 6.42 Å². The molecule has 0 atom stereocenters. The minimum Gasteiger partial charge on any atom is -0.355 e. The summed E-state index contributed by atoms with van der Waals surface area (Å²) in [5.41, 5.74) is 0. The van der Waals surface area contributed by atoms with Crippen LogP contribution in [0.15, 0.2) is 17.5 Å². The Bertz CT molecular complexity index is 375. The van der Waals surface area contributed by atoms with E-state index in [1.165, 1.54) is 11.3 Å². The number of nitrogens with one attached hydrogen (secondary N) is 1. The molecule has 1 amide bonds. The maximum atomic E-state index is 11.8. The fourth-order valence-corrected chi connectivity index (χ4v) is 2.35. The van der Waals surface area contributed by atoms with Gasteiger partial charge in [-0.3, -0.25) is 14.5 Å². The molecule has 1 aliphatic rings. The van der Waals surface area contributed by atoms with Crippen LogP contribution in [0.25, 0.3) is 0 Å². The van der Waals surface area contributed by atoms with Crippen LogP contribution in [-0.4, -0.2) is 42.8 Å². The first-order valence-electron chi connectivity index (χ1n) is 5.31. The summed E-state index contributed by atoms with van der Waals surface area (Å²) in [5, 5.41) is 4.70. The van der Waals surface area contributed by atoms with Gasteiger partial charge in [0.15, 0.2) is 5.78 Å². The lowest BCUT2D eigenvalue weighted by atomic mass is 10.3. The van der Waals surface area contributed by atoms with E-state index in [0.29, 0.717) is 26.1 Å². The molecule has 2 rings (SSSR count). The average Bonchev–Trinajstić information content (AvgIpc) is 2.72. The summed E-state index contributed by atoms with van der Waals surface area (Å²) in [7, 11) is 0. The van der Waals surface area contributed by atoms with Gasteiger partial charge >= 0.3 is 0 Å². The fourth-order valence-electron chi connectivity index (χ4n) is 1.69. The van der Waals surface area contributed by atoms with Crippen LogP contribution >= 0.6 is 11.3 Å². The summed E-state index contributed by atoms with van der Waals surface area (Å²) in [6, 6.07) is 3.72. The topological polar surface area (TPSA) is 49.4 Å². The molecule has 1 saturated heterocycles. The van der Waals surface area contributed by atoms with Crippen LogP contribution < -0.4 is 5.32 Å².